The number of nitrogens with one attached hydrogen (secondary N) is 2. The molecular weight excluding hydrogens is 428 g/mol. The number of ether oxygens (including phenoxy) is 1. The van der Waals surface area contributed by atoms with Crippen LogP contribution in [0.3, 0.4) is 0 Å². The van der Waals surface area contributed by atoms with Gasteiger partial charge in [-0.2, -0.15) is 13.2 Å². The fourth-order valence-electron chi connectivity index (χ4n) is 2.14. The Morgan fingerprint density at radius 3 is 2.43 bits per heavy atom. The number of hydrogen-bond donors (Lipinski definition) is 2. The van der Waals surface area contributed by atoms with Gasteiger partial charge in [0.1, 0.15) is 0 Å². The Kier molecular flexibility index (Phi) is 10.3. The summed E-state index contributed by atoms with van der Waals surface area (Å²) >= 11 is 0. The van der Waals surface area contributed by atoms with Crippen LogP contribution in [-0.2, 0) is 4.74 Å². The van der Waals surface area contributed by atoms with Crippen LogP contribution in [0.1, 0.15) is 26.2 Å². The third kappa shape index (κ3) is 9.06. The van der Waals surface area contributed by atoms with Crippen molar-refractivity contribution in [1.29, 1.82) is 0 Å². The maximum Gasteiger partial charge on any atom is 0.409 e. The quantitative estimate of drug-likeness (QED) is 0.391. The molecule has 0 saturated carbocycles. The standard InChI is InChI=1S/C13H23F3N4O2.HI/c1-3-17-11(18-7-6-13(14,15)16)19-10-4-8-20(9-5-10)12(21)22-2;/h10H,3-9H2,1-2H3,(H2,17,18,19);1H. The molecule has 1 amide bonds. The number of guanidine groups is 1. The first-order chi connectivity index (χ1) is 10.4. The second-order valence-corrected chi connectivity index (χ2v) is 5.00. The van der Waals surface area contributed by atoms with Crippen LogP contribution in [0.15, 0.2) is 4.99 Å². The predicted octanol–water partition coefficient (Wildman–Crippen LogP) is 2.34. The van der Waals surface area contributed by atoms with Crippen molar-refractivity contribution in [2.75, 3.05) is 33.3 Å². The molecule has 1 aliphatic rings. The summed E-state index contributed by atoms with van der Waals surface area (Å²) in [5.41, 5.74) is 0. The molecule has 1 fully saturated rings. The van der Waals surface area contributed by atoms with Crippen LogP contribution in [0.25, 0.3) is 0 Å². The van der Waals surface area contributed by atoms with Crippen LogP contribution in [0.2, 0.25) is 0 Å². The van der Waals surface area contributed by atoms with E-state index in [1.54, 1.807) is 4.90 Å². The number of alkyl halides is 3. The molecule has 10 heteroatoms. The summed E-state index contributed by atoms with van der Waals surface area (Å²) in [5.74, 6) is 0.378. The van der Waals surface area contributed by atoms with E-state index < -0.39 is 12.6 Å². The number of amides is 1. The minimum atomic E-state index is -4.20. The van der Waals surface area contributed by atoms with E-state index in [9.17, 15) is 18.0 Å². The third-order valence-electron chi connectivity index (χ3n) is 3.28. The molecule has 0 radical (unpaired) electrons. The molecule has 0 spiro atoms. The Bertz CT molecular complexity index is 386. The largest absolute Gasteiger partial charge is 0.453 e. The smallest absolute Gasteiger partial charge is 0.409 e. The van der Waals surface area contributed by atoms with Crippen LogP contribution in [0.5, 0.6) is 0 Å². The third-order valence-corrected chi connectivity index (χ3v) is 3.28. The van der Waals surface area contributed by atoms with Gasteiger partial charge in [-0.3, -0.25) is 4.99 Å². The topological polar surface area (TPSA) is 66.0 Å². The average Bonchev–Trinajstić information content (AvgIpc) is 2.46. The number of nitrogens with zero attached hydrogens (tertiary/aromatic N) is 2. The van der Waals surface area contributed by atoms with E-state index in [4.69, 9.17) is 0 Å². The molecule has 0 atom stereocenters. The molecule has 0 bridgehead atoms. The highest BCUT2D eigenvalue weighted by molar-refractivity contribution is 14.0. The van der Waals surface area contributed by atoms with Crippen LogP contribution in [0.4, 0.5) is 18.0 Å². The van der Waals surface area contributed by atoms with Crippen LogP contribution >= 0.6 is 24.0 Å². The summed E-state index contributed by atoms with van der Waals surface area (Å²) in [7, 11) is 1.34. The molecule has 0 aromatic rings. The van der Waals surface area contributed by atoms with Gasteiger partial charge in [0.25, 0.3) is 0 Å². The van der Waals surface area contributed by atoms with Gasteiger partial charge in [-0.25, -0.2) is 4.79 Å². The highest BCUT2D eigenvalue weighted by Gasteiger charge is 2.27. The first-order valence-corrected chi connectivity index (χ1v) is 7.30. The van der Waals surface area contributed by atoms with E-state index in [0.717, 1.165) is 0 Å². The molecule has 0 aromatic heterocycles. The van der Waals surface area contributed by atoms with Crippen molar-refractivity contribution >= 4 is 36.0 Å². The molecule has 0 aliphatic carbocycles. The van der Waals surface area contributed by atoms with Crippen molar-refractivity contribution in [2.24, 2.45) is 4.99 Å². The number of hydrogen-bond acceptors (Lipinski definition) is 3. The summed E-state index contributed by atoms with van der Waals surface area (Å²) in [5, 5.41) is 6.04. The molecule has 136 valence electrons. The van der Waals surface area contributed by atoms with Gasteiger partial charge in [0.15, 0.2) is 5.96 Å². The number of piperidine rings is 1. The van der Waals surface area contributed by atoms with Gasteiger partial charge in [-0.15, -0.1) is 24.0 Å². The summed E-state index contributed by atoms with van der Waals surface area (Å²) in [4.78, 5) is 16.9. The van der Waals surface area contributed by atoms with E-state index in [1.165, 1.54) is 7.11 Å². The summed E-state index contributed by atoms with van der Waals surface area (Å²) < 4.78 is 41.1. The zero-order valence-electron chi connectivity index (χ0n) is 13.3. The van der Waals surface area contributed by atoms with Gasteiger partial charge >= 0.3 is 12.3 Å². The van der Waals surface area contributed by atoms with Crippen molar-refractivity contribution in [3.05, 3.63) is 0 Å². The number of aliphatic imine (C=N–C) groups is 1. The van der Waals surface area contributed by atoms with E-state index >= 15 is 0 Å². The first kappa shape index (κ1) is 22.1. The van der Waals surface area contributed by atoms with E-state index in [1.807, 2.05) is 6.92 Å². The summed E-state index contributed by atoms with van der Waals surface area (Å²) in [6.45, 7) is 3.21. The maximum atomic E-state index is 12.1. The van der Waals surface area contributed by atoms with Crippen molar-refractivity contribution < 1.29 is 22.7 Å². The van der Waals surface area contributed by atoms with Gasteiger partial charge in [-0.05, 0) is 19.8 Å². The summed E-state index contributed by atoms with van der Waals surface area (Å²) in [6, 6.07) is 0.0737. The predicted molar refractivity (Wildman–Crippen MR) is 92.2 cm³/mol. The lowest BCUT2D eigenvalue weighted by atomic mass is 10.1. The van der Waals surface area contributed by atoms with Crippen LogP contribution in [0, 0.1) is 0 Å². The second-order valence-electron chi connectivity index (χ2n) is 5.00. The lowest BCUT2D eigenvalue weighted by Gasteiger charge is -2.32. The molecule has 1 rings (SSSR count). The lowest BCUT2D eigenvalue weighted by Crippen LogP contribution is -2.49. The van der Waals surface area contributed by atoms with Crippen LogP contribution < -0.4 is 10.6 Å². The minimum Gasteiger partial charge on any atom is -0.453 e. The van der Waals surface area contributed by atoms with Crippen LogP contribution in [-0.4, -0.2) is 62.5 Å². The van der Waals surface area contributed by atoms with Crippen molar-refractivity contribution in [3.8, 4) is 0 Å². The number of rotatable bonds is 4. The van der Waals surface area contributed by atoms with E-state index in [-0.39, 0.29) is 42.7 Å². The van der Waals surface area contributed by atoms with E-state index in [0.29, 0.717) is 38.4 Å². The molecule has 0 unspecified atom stereocenters. The Hall–Kier alpha value is -0.940. The number of methoxy groups -OCH3 is 1. The van der Waals surface area contributed by atoms with Crippen molar-refractivity contribution in [3.63, 3.8) is 0 Å². The average molecular weight is 452 g/mol. The molecule has 1 heterocycles. The van der Waals surface area contributed by atoms with Gasteiger partial charge < -0.3 is 20.3 Å². The highest BCUT2D eigenvalue weighted by Crippen LogP contribution is 2.19. The second kappa shape index (κ2) is 10.8. The minimum absolute atomic E-state index is 0. The highest BCUT2D eigenvalue weighted by atomic mass is 127. The monoisotopic (exact) mass is 452 g/mol. The Labute approximate surface area is 151 Å². The van der Waals surface area contributed by atoms with Gasteiger partial charge in [0.2, 0.25) is 0 Å². The summed E-state index contributed by atoms with van der Waals surface area (Å²) in [6.07, 6.45) is -4.11. The van der Waals surface area contributed by atoms with Crippen molar-refractivity contribution in [2.45, 2.75) is 38.4 Å². The van der Waals surface area contributed by atoms with Gasteiger partial charge in [0, 0.05) is 25.7 Å². The Morgan fingerprint density at radius 2 is 1.96 bits per heavy atom. The molecule has 1 aliphatic heterocycles. The zero-order valence-corrected chi connectivity index (χ0v) is 15.6. The first-order valence-electron chi connectivity index (χ1n) is 7.30. The maximum absolute atomic E-state index is 12.1. The van der Waals surface area contributed by atoms with E-state index in [2.05, 4.69) is 20.4 Å². The van der Waals surface area contributed by atoms with Gasteiger partial charge in [-0.1, -0.05) is 0 Å². The Morgan fingerprint density at radius 1 is 1.35 bits per heavy atom. The molecule has 0 aromatic carbocycles. The SMILES string of the molecule is CCNC(=NCCC(F)(F)F)NC1CCN(C(=O)OC)CC1.I. The lowest BCUT2D eigenvalue weighted by molar-refractivity contribution is -0.132. The fourth-order valence-corrected chi connectivity index (χ4v) is 2.14. The molecule has 23 heavy (non-hydrogen) atoms. The molecule has 2 N–H and O–H groups in total. The normalized spacial score (nSPS) is 16.6. The fraction of sp³-hybridized carbons (Fsp3) is 0.846. The molecule has 1 saturated heterocycles. The molecular formula is C13H24F3IN4O2. The Balaban J connectivity index is 0.00000484. The zero-order chi connectivity index (χ0) is 16.6. The number of halogens is 4. The number of likely N-dealkylation sites (tertiary alicyclic amines) is 1. The van der Waals surface area contributed by atoms with Gasteiger partial charge in [0.05, 0.1) is 20.1 Å². The number of carbonyl (C=O) groups excluding carboxylic acids is 1. The van der Waals surface area contributed by atoms with Crippen molar-refractivity contribution in [1.82, 2.24) is 15.5 Å². The number of carbonyl (C=O) groups is 1. The molecule has 6 nitrogen and oxygen atoms in total.